The largest absolute Gasteiger partial charge is 0.513 e. The van der Waals surface area contributed by atoms with E-state index >= 15 is 0 Å². The Balaban J connectivity index is 2.07. The third kappa shape index (κ3) is 3.72. The van der Waals surface area contributed by atoms with Gasteiger partial charge in [-0.2, -0.15) is 0 Å². The molecule has 2 nitrogen and oxygen atoms in total. The summed E-state index contributed by atoms with van der Waals surface area (Å²) in [4.78, 5) is 3.89. The monoisotopic (exact) mass is 284 g/mol. The van der Waals surface area contributed by atoms with Gasteiger partial charge < -0.3 is 17.7 Å². The van der Waals surface area contributed by atoms with Gasteiger partial charge in [-0.25, -0.2) is 4.39 Å². The molecule has 0 atom stereocenters. The molecule has 1 aromatic carbocycles. The molecule has 0 aliphatic rings. The second kappa shape index (κ2) is 5.94. The first kappa shape index (κ1) is 14.4. The van der Waals surface area contributed by atoms with Crippen LogP contribution in [0.2, 0.25) is 0 Å². The number of benzene rings is 1. The first-order chi connectivity index (χ1) is 9.47. The van der Waals surface area contributed by atoms with Crippen LogP contribution in [-0.4, -0.2) is 18.6 Å². The minimum absolute atomic E-state index is 0.0221. The summed E-state index contributed by atoms with van der Waals surface area (Å²) in [6.07, 6.45) is 3.60. The fraction of sp³-hybridized carbons (Fsp3) is 0.154. The normalized spacial score (nSPS) is 11.4. The predicted molar refractivity (Wildman–Crippen MR) is 68.5 cm³/mol. The van der Waals surface area contributed by atoms with Crippen molar-refractivity contribution in [3.8, 4) is 5.75 Å². The van der Waals surface area contributed by atoms with Crippen LogP contribution in [0, 0.1) is 5.82 Å². The molecule has 1 aromatic heterocycles. The summed E-state index contributed by atoms with van der Waals surface area (Å²) >= 11 is 0. The van der Waals surface area contributed by atoms with E-state index in [9.17, 15) is 17.3 Å². The van der Waals surface area contributed by atoms with Crippen LogP contribution in [-0.2, 0) is 6.42 Å². The van der Waals surface area contributed by atoms with Crippen molar-refractivity contribution in [1.29, 1.82) is 0 Å². The Morgan fingerprint density at radius 1 is 1.15 bits per heavy atom. The van der Waals surface area contributed by atoms with Crippen molar-refractivity contribution in [2.24, 2.45) is 0 Å². The highest BCUT2D eigenvalue weighted by Gasteiger charge is 2.29. The minimum atomic E-state index is -5.23. The van der Waals surface area contributed by atoms with Gasteiger partial charge in [0, 0.05) is 24.9 Å². The zero-order chi connectivity index (χ0) is 14.6. The topological polar surface area (TPSA) is 22.1 Å². The van der Waals surface area contributed by atoms with Crippen LogP contribution in [0.3, 0.4) is 0 Å². The van der Waals surface area contributed by atoms with Crippen molar-refractivity contribution in [3.05, 3.63) is 54.1 Å². The van der Waals surface area contributed by atoms with Gasteiger partial charge in [0.2, 0.25) is 0 Å². The van der Waals surface area contributed by atoms with Gasteiger partial charge >= 0.3 is 6.98 Å². The fourth-order valence-corrected chi connectivity index (χ4v) is 1.73. The Morgan fingerprint density at radius 3 is 2.60 bits per heavy atom. The molecule has 0 bridgehead atoms. The standard InChI is InChI=1S/C13H11BF4NO/c15-11-3-4-12(14(16,17)18)13(8-11)20-7-5-10-2-1-6-19-9-10/h1-4,6,8-9H,5,7H2/q-1. The highest BCUT2D eigenvalue weighted by Crippen LogP contribution is 2.19. The van der Waals surface area contributed by atoms with Crippen LogP contribution in [0.25, 0.3) is 0 Å². The van der Waals surface area contributed by atoms with Gasteiger partial charge in [-0.3, -0.25) is 4.98 Å². The van der Waals surface area contributed by atoms with E-state index < -0.39 is 24.0 Å². The lowest BCUT2D eigenvalue weighted by molar-refractivity contribution is 0.320. The maximum Gasteiger partial charge on any atom is 0.513 e. The average molecular weight is 284 g/mol. The molecule has 106 valence electrons. The zero-order valence-corrected chi connectivity index (χ0v) is 10.4. The summed E-state index contributed by atoms with van der Waals surface area (Å²) in [6.45, 7) is -5.21. The van der Waals surface area contributed by atoms with Crippen LogP contribution < -0.4 is 10.2 Å². The third-order valence-electron chi connectivity index (χ3n) is 2.70. The van der Waals surface area contributed by atoms with Crippen molar-refractivity contribution in [2.75, 3.05) is 6.61 Å². The van der Waals surface area contributed by atoms with E-state index in [1.54, 1.807) is 24.5 Å². The molecule has 0 fully saturated rings. The summed E-state index contributed by atoms with van der Waals surface area (Å²) in [5, 5.41) is 0. The van der Waals surface area contributed by atoms with Crippen LogP contribution in [0.4, 0.5) is 17.3 Å². The van der Waals surface area contributed by atoms with Gasteiger partial charge in [0.05, 0.1) is 12.4 Å². The molecule has 2 rings (SSSR count). The molecule has 1 heterocycles. The van der Waals surface area contributed by atoms with Crippen molar-refractivity contribution in [3.63, 3.8) is 0 Å². The smallest absolute Gasteiger partial charge is 0.496 e. The highest BCUT2D eigenvalue weighted by atomic mass is 19.4. The summed E-state index contributed by atoms with van der Waals surface area (Å²) in [5.41, 5.74) is -0.0828. The molecular weight excluding hydrogens is 273 g/mol. The Labute approximate surface area is 113 Å². The van der Waals surface area contributed by atoms with E-state index in [1.165, 1.54) is 0 Å². The fourth-order valence-electron chi connectivity index (χ4n) is 1.73. The maximum absolute atomic E-state index is 13.0. The van der Waals surface area contributed by atoms with Crippen LogP contribution in [0.5, 0.6) is 5.75 Å². The van der Waals surface area contributed by atoms with E-state index in [0.29, 0.717) is 12.5 Å². The Hall–Kier alpha value is -2.05. The Kier molecular flexibility index (Phi) is 4.27. The van der Waals surface area contributed by atoms with Crippen LogP contribution in [0.1, 0.15) is 5.56 Å². The van der Waals surface area contributed by atoms with Crippen LogP contribution in [0.15, 0.2) is 42.7 Å². The number of rotatable bonds is 5. The van der Waals surface area contributed by atoms with Gasteiger partial charge in [0.1, 0.15) is 5.82 Å². The molecule has 0 unspecified atom stereocenters. The predicted octanol–water partition coefficient (Wildman–Crippen LogP) is 2.90. The first-order valence-corrected chi connectivity index (χ1v) is 5.98. The number of aromatic nitrogens is 1. The third-order valence-corrected chi connectivity index (χ3v) is 2.70. The minimum Gasteiger partial charge on any atom is -0.496 e. The number of ether oxygens (including phenoxy) is 1. The van der Waals surface area contributed by atoms with E-state index in [1.807, 2.05) is 0 Å². The number of hydrogen-bond acceptors (Lipinski definition) is 2. The van der Waals surface area contributed by atoms with Crippen molar-refractivity contribution in [1.82, 2.24) is 4.98 Å². The molecule has 0 spiro atoms. The lowest BCUT2D eigenvalue weighted by atomic mass is 9.79. The second-order valence-corrected chi connectivity index (χ2v) is 4.22. The molecule has 2 aromatic rings. The second-order valence-electron chi connectivity index (χ2n) is 4.22. The lowest BCUT2D eigenvalue weighted by Crippen LogP contribution is -2.35. The number of pyridine rings is 1. The van der Waals surface area contributed by atoms with Gasteiger partial charge in [-0.05, 0) is 17.7 Å². The lowest BCUT2D eigenvalue weighted by Gasteiger charge is -2.19. The van der Waals surface area contributed by atoms with E-state index in [0.717, 1.165) is 17.7 Å². The molecule has 0 saturated heterocycles. The van der Waals surface area contributed by atoms with Crippen molar-refractivity contribution in [2.45, 2.75) is 6.42 Å². The van der Waals surface area contributed by atoms with E-state index in [4.69, 9.17) is 4.74 Å². The molecule has 0 aliphatic heterocycles. The van der Waals surface area contributed by atoms with Crippen molar-refractivity contribution >= 4 is 12.4 Å². The quantitative estimate of drug-likeness (QED) is 0.622. The molecule has 20 heavy (non-hydrogen) atoms. The Bertz CT molecular complexity index is 574. The number of halogens is 4. The molecular formula is C13H11BF4NO-. The SMILES string of the molecule is Fc1ccc([B-](F)(F)F)c(OCCc2cccnc2)c1. The van der Waals surface area contributed by atoms with Crippen molar-refractivity contribution < 1.29 is 22.1 Å². The van der Waals surface area contributed by atoms with Gasteiger partial charge in [0.25, 0.3) is 0 Å². The molecule has 0 amide bonds. The zero-order valence-electron chi connectivity index (χ0n) is 10.4. The molecule has 0 radical (unpaired) electrons. The molecule has 0 saturated carbocycles. The molecule has 0 N–H and O–H groups in total. The summed E-state index contributed by atoms with van der Waals surface area (Å²) in [6, 6.07) is 5.75. The highest BCUT2D eigenvalue weighted by molar-refractivity contribution is 6.74. The number of nitrogens with zero attached hydrogens (tertiary/aromatic N) is 1. The maximum atomic E-state index is 13.0. The van der Waals surface area contributed by atoms with E-state index in [-0.39, 0.29) is 6.61 Å². The first-order valence-electron chi connectivity index (χ1n) is 5.98. The van der Waals surface area contributed by atoms with E-state index in [2.05, 4.69) is 4.98 Å². The number of hydrogen-bond donors (Lipinski definition) is 0. The molecule has 7 heteroatoms. The van der Waals surface area contributed by atoms with Gasteiger partial charge in [-0.1, -0.05) is 17.6 Å². The summed E-state index contributed by atoms with van der Waals surface area (Å²) in [7, 11) is 0. The summed E-state index contributed by atoms with van der Waals surface area (Å²) in [5.74, 6) is -1.23. The molecule has 0 aliphatic carbocycles. The summed E-state index contributed by atoms with van der Waals surface area (Å²) < 4.78 is 56.5. The van der Waals surface area contributed by atoms with Gasteiger partial charge in [-0.15, -0.1) is 0 Å². The average Bonchev–Trinajstić information content (AvgIpc) is 2.38. The van der Waals surface area contributed by atoms with Crippen LogP contribution >= 0.6 is 0 Å². The van der Waals surface area contributed by atoms with Gasteiger partial charge in [0.15, 0.2) is 0 Å². The Morgan fingerprint density at radius 2 is 1.95 bits per heavy atom.